The van der Waals surface area contributed by atoms with Gasteiger partial charge in [0.05, 0.1) is 22.2 Å². The fourth-order valence-corrected chi connectivity index (χ4v) is 13.1. The van der Waals surface area contributed by atoms with Crippen molar-refractivity contribution in [2.75, 3.05) is 0 Å². The van der Waals surface area contributed by atoms with Gasteiger partial charge in [-0.15, -0.1) is 10.0 Å². The number of benzene rings is 9. The first-order valence-corrected chi connectivity index (χ1v) is 22.2. The molecule has 288 valence electrons. The Morgan fingerprint density at radius 2 is 0.951 bits per heavy atom. The summed E-state index contributed by atoms with van der Waals surface area (Å²) in [5.41, 5.74) is 8.85. The van der Waals surface area contributed by atoms with E-state index in [0.717, 1.165) is 77.2 Å². The van der Waals surface area contributed by atoms with Gasteiger partial charge in [-0.05, 0) is 91.0 Å². The lowest BCUT2D eigenvalue weighted by Gasteiger charge is -2.42. The molecule has 12 rings (SSSR count). The van der Waals surface area contributed by atoms with Crippen molar-refractivity contribution in [3.63, 3.8) is 0 Å². The van der Waals surface area contributed by atoms with Gasteiger partial charge in [0.25, 0.3) is 0 Å². The molecule has 61 heavy (non-hydrogen) atoms. The summed E-state index contributed by atoms with van der Waals surface area (Å²) in [6.07, 6.45) is 0. The summed E-state index contributed by atoms with van der Waals surface area (Å²) >= 11 is 0. The molecule has 0 amide bonds. The number of rotatable bonds is 7. The Labute approximate surface area is 354 Å². The highest BCUT2D eigenvalue weighted by molar-refractivity contribution is 8.34. The van der Waals surface area contributed by atoms with Crippen LogP contribution >= 0.6 is 10.0 Å². The van der Waals surface area contributed by atoms with Crippen LogP contribution < -0.4 is 0 Å². The maximum atomic E-state index is 6.57. The van der Waals surface area contributed by atoms with Gasteiger partial charge < -0.3 is 8.98 Å². The van der Waals surface area contributed by atoms with Crippen molar-refractivity contribution in [1.29, 1.82) is 0 Å². The Morgan fingerprint density at radius 3 is 1.66 bits per heavy atom. The van der Waals surface area contributed by atoms with E-state index in [2.05, 4.69) is 211 Å². The Morgan fingerprint density at radius 1 is 0.361 bits per heavy atom. The van der Waals surface area contributed by atoms with E-state index in [9.17, 15) is 0 Å². The van der Waals surface area contributed by atoms with E-state index < -0.39 is 10.0 Å². The van der Waals surface area contributed by atoms with E-state index in [4.69, 9.17) is 14.4 Å². The van der Waals surface area contributed by atoms with Crippen LogP contribution in [0.4, 0.5) is 0 Å². The van der Waals surface area contributed by atoms with Crippen molar-refractivity contribution < 1.29 is 4.42 Å². The third-order valence-corrected chi connectivity index (χ3v) is 15.8. The molecule has 0 saturated carbocycles. The van der Waals surface area contributed by atoms with E-state index in [-0.39, 0.29) is 0 Å². The summed E-state index contributed by atoms with van der Waals surface area (Å²) in [6, 6.07) is 80.5. The second kappa shape index (κ2) is 14.2. The zero-order valence-corrected chi connectivity index (χ0v) is 33.8. The Bertz CT molecular complexity index is 3480. The fourth-order valence-electron chi connectivity index (χ4n) is 9.18. The molecule has 0 N–H and O–H groups in total. The standard InChI is InChI=1S/C56H37N3OS/c1-5-18-38(19-6-1)55-46-29-13-15-30-50(46)57-56(58-55)39-20-17-21-40(34-39)59-51-33-32-44(35-47(51)48-37-54-49(36-52(48)59)45-28-14-16-31-53(45)60-54)61(41-22-7-2-8-23-41,42-24-9-3-10-25-42)43-26-11-4-12-27-43/h1-37H. The molecule has 5 heteroatoms. The number of para-hydroxylation sites is 2. The first-order chi connectivity index (χ1) is 30.2. The summed E-state index contributed by atoms with van der Waals surface area (Å²) in [7, 11) is -1.93. The number of hydrogen-bond acceptors (Lipinski definition) is 3. The lowest BCUT2D eigenvalue weighted by atomic mass is 10.1. The van der Waals surface area contributed by atoms with Crippen LogP contribution in [0.2, 0.25) is 0 Å². The number of fused-ring (bicyclic) bond motifs is 7. The van der Waals surface area contributed by atoms with Crippen LogP contribution in [0.3, 0.4) is 0 Å². The number of aromatic nitrogens is 3. The Balaban J connectivity index is 1.14. The molecule has 0 unspecified atom stereocenters. The molecule has 3 heterocycles. The maximum absolute atomic E-state index is 6.57. The van der Waals surface area contributed by atoms with Crippen LogP contribution in [0.15, 0.2) is 248 Å². The van der Waals surface area contributed by atoms with Gasteiger partial charge in [0.15, 0.2) is 5.82 Å². The molecule has 0 aliphatic heterocycles. The predicted molar refractivity (Wildman–Crippen MR) is 252 cm³/mol. The molecule has 0 aliphatic rings. The van der Waals surface area contributed by atoms with Crippen molar-refractivity contribution in [2.45, 2.75) is 19.6 Å². The number of hydrogen-bond donors (Lipinski definition) is 0. The van der Waals surface area contributed by atoms with Crippen molar-refractivity contribution in [3.05, 3.63) is 224 Å². The van der Waals surface area contributed by atoms with Gasteiger partial charge in [-0.2, -0.15) is 0 Å². The number of furan rings is 1. The molecule has 3 aromatic heterocycles. The summed E-state index contributed by atoms with van der Waals surface area (Å²) < 4.78 is 8.97. The normalized spacial score (nSPS) is 12.2. The van der Waals surface area contributed by atoms with E-state index >= 15 is 0 Å². The summed E-state index contributed by atoms with van der Waals surface area (Å²) in [5.74, 6) is 0.688. The van der Waals surface area contributed by atoms with Crippen molar-refractivity contribution in [1.82, 2.24) is 14.5 Å². The highest BCUT2D eigenvalue weighted by Crippen LogP contribution is 2.73. The minimum absolute atomic E-state index is 0.688. The highest BCUT2D eigenvalue weighted by atomic mass is 32.3. The molecular formula is C56H37N3OS. The minimum atomic E-state index is -1.93. The van der Waals surface area contributed by atoms with Crippen molar-refractivity contribution in [2.24, 2.45) is 0 Å². The van der Waals surface area contributed by atoms with Gasteiger partial charge in [0.2, 0.25) is 0 Å². The smallest absolute Gasteiger partial charge is 0.160 e. The van der Waals surface area contributed by atoms with Gasteiger partial charge in [-0.1, -0.05) is 133 Å². The molecule has 0 spiro atoms. The fraction of sp³-hybridized carbons (Fsp3) is 0. The first-order valence-electron chi connectivity index (χ1n) is 20.6. The molecule has 0 saturated heterocycles. The van der Waals surface area contributed by atoms with Crippen LogP contribution in [-0.4, -0.2) is 14.5 Å². The molecule has 0 bridgehead atoms. The largest absolute Gasteiger partial charge is 0.456 e. The molecule has 0 aliphatic carbocycles. The quantitative estimate of drug-likeness (QED) is 0.161. The van der Waals surface area contributed by atoms with Crippen molar-refractivity contribution >= 4 is 64.7 Å². The minimum Gasteiger partial charge on any atom is -0.456 e. The van der Waals surface area contributed by atoms with E-state index in [0.29, 0.717) is 5.82 Å². The van der Waals surface area contributed by atoms with Crippen LogP contribution in [0.1, 0.15) is 0 Å². The Kier molecular flexibility index (Phi) is 8.22. The van der Waals surface area contributed by atoms with Gasteiger partial charge >= 0.3 is 0 Å². The van der Waals surface area contributed by atoms with Crippen molar-refractivity contribution in [3.8, 4) is 28.3 Å². The monoisotopic (exact) mass is 799 g/mol. The van der Waals surface area contributed by atoms with Crippen LogP contribution in [-0.2, 0) is 0 Å². The second-order valence-electron chi connectivity index (χ2n) is 15.4. The third-order valence-electron chi connectivity index (χ3n) is 11.9. The zero-order valence-electron chi connectivity index (χ0n) is 33.0. The highest BCUT2D eigenvalue weighted by Gasteiger charge is 2.34. The summed E-state index contributed by atoms with van der Waals surface area (Å²) in [4.78, 5) is 15.5. The molecule has 0 atom stereocenters. The maximum Gasteiger partial charge on any atom is 0.160 e. The summed E-state index contributed by atoms with van der Waals surface area (Å²) in [5, 5.41) is 5.51. The molecule has 0 radical (unpaired) electrons. The van der Waals surface area contributed by atoms with E-state index in [1.54, 1.807) is 0 Å². The van der Waals surface area contributed by atoms with Gasteiger partial charge in [0, 0.05) is 63.3 Å². The van der Waals surface area contributed by atoms with Gasteiger partial charge in [0.1, 0.15) is 11.2 Å². The van der Waals surface area contributed by atoms with Crippen LogP contribution in [0.5, 0.6) is 0 Å². The molecule has 4 nitrogen and oxygen atoms in total. The summed E-state index contributed by atoms with van der Waals surface area (Å²) in [6.45, 7) is 0. The average molecular weight is 800 g/mol. The average Bonchev–Trinajstić information content (AvgIpc) is 3.86. The van der Waals surface area contributed by atoms with Crippen LogP contribution in [0.25, 0.3) is 83.0 Å². The third kappa shape index (κ3) is 5.62. The number of nitrogens with zero attached hydrogens (tertiary/aromatic N) is 3. The lowest BCUT2D eigenvalue weighted by molar-refractivity contribution is 0.669. The zero-order chi connectivity index (χ0) is 40.3. The molecule has 12 aromatic rings. The van der Waals surface area contributed by atoms with E-state index in [1.165, 1.54) is 19.6 Å². The predicted octanol–water partition coefficient (Wildman–Crippen LogP) is 15.3. The van der Waals surface area contributed by atoms with E-state index in [1.807, 2.05) is 18.2 Å². The van der Waals surface area contributed by atoms with Gasteiger partial charge in [-0.3, -0.25) is 0 Å². The molecule has 9 aromatic carbocycles. The second-order valence-corrected chi connectivity index (χ2v) is 18.5. The molecular weight excluding hydrogens is 763 g/mol. The molecule has 0 fully saturated rings. The van der Waals surface area contributed by atoms with Gasteiger partial charge in [-0.25, -0.2) is 9.97 Å². The SMILES string of the molecule is c1ccc(-c2nc(-c3cccc(-n4c5ccc(S(c6ccccc6)(c6ccccc6)c6ccccc6)cc5c5cc6oc7ccccc7c6cc54)c3)nc3ccccc23)cc1. The first kappa shape index (κ1) is 35.2. The lowest BCUT2D eigenvalue weighted by Crippen LogP contribution is -2.05. The topological polar surface area (TPSA) is 43.9 Å². The van der Waals surface area contributed by atoms with Crippen LogP contribution in [0, 0.1) is 0 Å². The Hall–Kier alpha value is -7.73.